The first-order valence-corrected chi connectivity index (χ1v) is 1.85. The largest absolute Gasteiger partial charge is 0.379 e. The van der Waals surface area contributed by atoms with Crippen molar-refractivity contribution >= 4 is 11.6 Å². The van der Waals surface area contributed by atoms with Gasteiger partial charge in [0.15, 0.2) is 0 Å². The molecule has 0 bridgehead atoms. The van der Waals surface area contributed by atoms with E-state index < -0.39 is 11.6 Å². The molecule has 0 aromatic carbocycles. The Kier molecular flexibility index (Phi) is 5.77. The van der Waals surface area contributed by atoms with Gasteiger partial charge >= 0.3 is 11.6 Å². The summed E-state index contributed by atoms with van der Waals surface area (Å²) in [7, 11) is 0. The third-order valence-corrected chi connectivity index (χ3v) is 0. The maximum absolute atomic E-state index is 9.77. The molecule has 0 spiro atoms. The van der Waals surface area contributed by atoms with Gasteiger partial charge in [0.25, 0.3) is 0 Å². The van der Waals surface area contributed by atoms with Gasteiger partial charge in [-0.15, -0.1) is 0 Å². The molecule has 0 aliphatic rings. The molecule has 0 unspecified atom stereocenters. The molecule has 0 saturated heterocycles. The predicted octanol–water partition coefficient (Wildman–Crippen LogP) is 2.33. The zero-order chi connectivity index (χ0) is 4.50. The van der Waals surface area contributed by atoms with E-state index in [2.05, 4.69) is 0 Å². The van der Waals surface area contributed by atoms with Gasteiger partial charge in [0.1, 0.15) is 0 Å². The Bertz CT molecular complexity index is 23.0. The van der Waals surface area contributed by atoms with Crippen molar-refractivity contribution in [3.63, 3.8) is 0 Å². The zero-order valence-corrected chi connectivity index (χ0v) is 3.80. The summed E-state index contributed by atoms with van der Waals surface area (Å²) in [6.45, 7) is 0. The minimum Gasteiger partial charge on any atom is -0.0947 e. The Hall–Kier alpha value is 1.33. The van der Waals surface area contributed by atoms with Gasteiger partial charge in [-0.3, -0.25) is 0 Å². The van der Waals surface area contributed by atoms with E-state index in [-0.39, 0.29) is 37.7 Å². The van der Waals surface area contributed by atoms with Gasteiger partial charge in [0.2, 0.25) is 0 Å². The Balaban J connectivity index is 0. The molecule has 0 nitrogen and oxygen atoms in total. The molecule has 0 amide bonds. The molecule has 0 rings (SSSR count). The SMILES string of the molecule is FS(F)(F)F.[Ar]. The molecule has 0 N–H and O–H groups in total. The smallest absolute Gasteiger partial charge is 0.0947 e. The number of hydrogen-bond donors (Lipinski definition) is 0. The van der Waals surface area contributed by atoms with Crippen LogP contribution in [0.2, 0.25) is 0 Å². The quantitative estimate of drug-likeness (QED) is 0.462. The van der Waals surface area contributed by atoms with Gasteiger partial charge in [-0.1, -0.05) is 15.5 Å². The first kappa shape index (κ1) is 10.3. The van der Waals surface area contributed by atoms with Gasteiger partial charge in [-0.05, 0) is 0 Å². The van der Waals surface area contributed by atoms with Crippen LogP contribution in [0.4, 0.5) is 15.5 Å². The molecule has 0 aromatic heterocycles. The molecule has 0 radical (unpaired) electrons. The number of hydrogen-bond acceptors (Lipinski definition) is 0. The van der Waals surface area contributed by atoms with Gasteiger partial charge < -0.3 is 0 Å². The zero-order valence-electron chi connectivity index (χ0n) is 2.27. The Morgan fingerprint density at radius 1 is 0.833 bits per heavy atom. The van der Waals surface area contributed by atoms with Crippen molar-refractivity contribution in [3.05, 3.63) is 0 Å². The van der Waals surface area contributed by atoms with Crippen LogP contribution in [0.5, 0.6) is 0 Å². The summed E-state index contributed by atoms with van der Waals surface area (Å²) in [4.78, 5) is 0. The van der Waals surface area contributed by atoms with Gasteiger partial charge in [0, 0.05) is 37.7 Å². The van der Waals surface area contributed by atoms with E-state index in [4.69, 9.17) is 0 Å². The van der Waals surface area contributed by atoms with Crippen LogP contribution in [0.1, 0.15) is 0 Å². The third-order valence-electron chi connectivity index (χ3n) is 0. The van der Waals surface area contributed by atoms with E-state index >= 15 is 0 Å². The Morgan fingerprint density at radius 2 is 0.833 bits per heavy atom. The average molecular weight is 148 g/mol. The first-order chi connectivity index (χ1) is 2.00. The number of rotatable bonds is 0. The van der Waals surface area contributed by atoms with E-state index in [1.807, 2.05) is 0 Å². The molecule has 0 fully saturated rings. The van der Waals surface area contributed by atoms with Crippen molar-refractivity contribution in [1.29, 1.82) is 0 Å². The third kappa shape index (κ3) is 56.5. The summed E-state index contributed by atoms with van der Waals surface area (Å²) in [6, 6.07) is 0. The van der Waals surface area contributed by atoms with Crippen LogP contribution in [0.15, 0.2) is 0 Å². The molecule has 0 saturated carbocycles. The average Bonchev–Trinajstić information content (AvgIpc) is 0.722. The van der Waals surface area contributed by atoms with Crippen molar-refractivity contribution in [1.82, 2.24) is 0 Å². The van der Waals surface area contributed by atoms with E-state index in [9.17, 15) is 15.5 Å². The maximum atomic E-state index is 9.77. The molecule has 6 heavy (non-hydrogen) atoms. The van der Waals surface area contributed by atoms with Crippen molar-refractivity contribution in [2.45, 2.75) is 0 Å². The molecule has 42 valence electrons. The van der Waals surface area contributed by atoms with Gasteiger partial charge in [0.05, 0.1) is 0 Å². The van der Waals surface area contributed by atoms with Gasteiger partial charge in [-0.25, -0.2) is 0 Å². The van der Waals surface area contributed by atoms with E-state index in [1.165, 1.54) is 0 Å². The Morgan fingerprint density at radius 3 is 0.833 bits per heavy atom. The summed E-state index contributed by atoms with van der Waals surface area (Å²) in [5.41, 5.74) is 0. The predicted molar refractivity (Wildman–Crippen MR) is 12.0 cm³/mol. The normalized spacial score (nSPS) is 12.7. The summed E-state index contributed by atoms with van der Waals surface area (Å²) in [5.74, 6) is 0. The minimum absolute atomic E-state index is 0. The molecule has 0 aromatic rings. The molecular weight excluding hydrogens is 148 g/mol. The monoisotopic (exact) mass is 148 g/mol. The standard InChI is InChI=1S/Ar.F4S/c;1-5(2,3)4. The van der Waals surface area contributed by atoms with Crippen LogP contribution in [0, 0.1) is 37.7 Å². The van der Waals surface area contributed by atoms with Crippen LogP contribution in [-0.2, 0) is 0 Å². The topological polar surface area (TPSA) is 0 Å². The second kappa shape index (κ2) is 3.35. The molecular formula is ArF4S. The van der Waals surface area contributed by atoms with Crippen molar-refractivity contribution in [2.24, 2.45) is 0 Å². The second-order valence-electron chi connectivity index (χ2n) is 0.350. The fourth-order valence-electron chi connectivity index (χ4n) is 0. The fourth-order valence-corrected chi connectivity index (χ4v) is 0. The molecule has 0 atom stereocenters. The van der Waals surface area contributed by atoms with E-state index in [0.717, 1.165) is 0 Å². The van der Waals surface area contributed by atoms with Crippen molar-refractivity contribution < 1.29 is 53.3 Å². The van der Waals surface area contributed by atoms with Crippen molar-refractivity contribution in [3.8, 4) is 0 Å². The van der Waals surface area contributed by atoms with Crippen LogP contribution < -0.4 is 0 Å². The molecule has 0 aliphatic carbocycles. The van der Waals surface area contributed by atoms with Crippen LogP contribution in [-0.4, -0.2) is 0 Å². The molecule has 6 heteroatoms. The van der Waals surface area contributed by atoms with Crippen LogP contribution in [0.25, 0.3) is 0 Å². The van der Waals surface area contributed by atoms with Crippen LogP contribution >= 0.6 is 11.6 Å². The second-order valence-corrected chi connectivity index (χ2v) is 1.05. The minimum atomic E-state index is -6.17. The van der Waals surface area contributed by atoms with Crippen LogP contribution in [0.3, 0.4) is 0 Å². The summed E-state index contributed by atoms with van der Waals surface area (Å²) in [5, 5.41) is 0. The fraction of sp³-hybridized carbons (Fsp3) is 0. The Labute approximate surface area is 64.4 Å². The number of halogens is 4. The molecule has 0 heterocycles. The van der Waals surface area contributed by atoms with E-state index in [1.54, 1.807) is 0 Å². The summed E-state index contributed by atoms with van der Waals surface area (Å²) < 4.78 is 39.1. The van der Waals surface area contributed by atoms with E-state index in [0.29, 0.717) is 0 Å². The summed E-state index contributed by atoms with van der Waals surface area (Å²) >= 11 is -6.17. The molecule has 0 aliphatic heterocycles. The first-order valence-electron chi connectivity index (χ1n) is 0.617. The van der Waals surface area contributed by atoms with Crippen molar-refractivity contribution in [2.75, 3.05) is 0 Å². The summed E-state index contributed by atoms with van der Waals surface area (Å²) in [6.07, 6.45) is 0. The van der Waals surface area contributed by atoms with Gasteiger partial charge in [-0.2, -0.15) is 0 Å². The maximum Gasteiger partial charge on any atom is 0.379 e.